The predicted octanol–water partition coefficient (Wildman–Crippen LogP) is 1.83. The van der Waals surface area contributed by atoms with E-state index in [1.807, 2.05) is 18.7 Å². The molecular formula is C17H27ClN6O2S2. The van der Waals surface area contributed by atoms with Crippen molar-refractivity contribution in [1.82, 2.24) is 25.1 Å². The molecule has 3 N–H and O–H groups in total. The predicted molar refractivity (Wildman–Crippen MR) is 115 cm³/mol. The van der Waals surface area contributed by atoms with Gasteiger partial charge >= 0.3 is 0 Å². The highest BCUT2D eigenvalue weighted by molar-refractivity contribution is 7.91. The maximum atomic E-state index is 12.2. The number of hydrogen-bond donors (Lipinski definition) is 3. The van der Waals surface area contributed by atoms with Crippen molar-refractivity contribution >= 4 is 38.9 Å². The van der Waals surface area contributed by atoms with Crippen LogP contribution in [0.4, 0.5) is 0 Å². The molecule has 0 saturated heterocycles. The molecule has 11 heteroatoms. The third-order valence-electron chi connectivity index (χ3n) is 4.30. The molecular weight excluding hydrogens is 420 g/mol. The first-order valence-electron chi connectivity index (χ1n) is 8.85. The Morgan fingerprint density at radius 3 is 2.61 bits per heavy atom. The topological polar surface area (TPSA) is 100 Å². The van der Waals surface area contributed by atoms with Gasteiger partial charge in [-0.15, -0.1) is 11.3 Å². The minimum atomic E-state index is -3.54. The molecule has 2 aromatic heterocycles. The third-order valence-corrected chi connectivity index (χ3v) is 7.48. The van der Waals surface area contributed by atoms with Crippen molar-refractivity contribution in [2.24, 2.45) is 12.0 Å². The number of nitrogens with one attached hydrogen (secondary N) is 3. The first-order valence-corrected chi connectivity index (χ1v) is 11.5. The van der Waals surface area contributed by atoms with Crippen molar-refractivity contribution in [2.75, 3.05) is 20.1 Å². The van der Waals surface area contributed by atoms with E-state index in [-0.39, 0.29) is 16.8 Å². The fourth-order valence-corrected chi connectivity index (χ4v) is 5.34. The summed E-state index contributed by atoms with van der Waals surface area (Å²) in [6, 6.07) is 3.20. The number of rotatable bonds is 8. The Labute approximate surface area is 175 Å². The van der Waals surface area contributed by atoms with E-state index >= 15 is 0 Å². The van der Waals surface area contributed by atoms with Gasteiger partial charge in [-0.2, -0.15) is 5.10 Å². The summed E-state index contributed by atoms with van der Waals surface area (Å²) >= 11 is 6.83. The summed E-state index contributed by atoms with van der Waals surface area (Å²) < 4.78 is 29.4. The zero-order valence-corrected chi connectivity index (χ0v) is 19.1. The minimum Gasteiger partial charge on any atom is -0.355 e. The van der Waals surface area contributed by atoms with Crippen molar-refractivity contribution in [3.05, 3.63) is 33.4 Å². The lowest BCUT2D eigenvalue weighted by Crippen LogP contribution is -2.45. The number of sulfonamides is 1. The average molecular weight is 447 g/mol. The van der Waals surface area contributed by atoms with Crippen molar-refractivity contribution in [2.45, 2.75) is 37.4 Å². The van der Waals surface area contributed by atoms with Crippen LogP contribution in [-0.2, 0) is 23.5 Å². The van der Waals surface area contributed by atoms with Crippen molar-refractivity contribution in [1.29, 1.82) is 0 Å². The van der Waals surface area contributed by atoms with E-state index in [1.165, 1.54) is 11.6 Å². The summed E-state index contributed by atoms with van der Waals surface area (Å²) in [5.41, 5.74) is 3.40. The number of halogens is 1. The van der Waals surface area contributed by atoms with Crippen molar-refractivity contribution < 1.29 is 8.42 Å². The zero-order valence-electron chi connectivity index (χ0n) is 16.7. The van der Waals surface area contributed by atoms with Crippen molar-refractivity contribution in [3.8, 4) is 0 Å². The molecule has 0 saturated carbocycles. The molecule has 1 unspecified atom stereocenters. The smallest absolute Gasteiger partial charge is 0.250 e. The van der Waals surface area contributed by atoms with Gasteiger partial charge in [-0.1, -0.05) is 11.6 Å². The van der Waals surface area contributed by atoms with E-state index in [0.717, 1.165) is 29.1 Å². The quantitative estimate of drug-likeness (QED) is 0.326. The maximum absolute atomic E-state index is 12.2. The van der Waals surface area contributed by atoms with Crippen LogP contribution in [0.5, 0.6) is 0 Å². The van der Waals surface area contributed by atoms with Gasteiger partial charge in [0, 0.05) is 38.9 Å². The van der Waals surface area contributed by atoms with E-state index in [0.29, 0.717) is 16.8 Å². The second-order valence-electron chi connectivity index (χ2n) is 6.48. The normalized spacial score (nSPS) is 13.6. The van der Waals surface area contributed by atoms with Gasteiger partial charge in [0.1, 0.15) is 4.21 Å². The highest BCUT2D eigenvalue weighted by atomic mass is 35.5. The molecule has 2 rings (SSSR count). The molecule has 0 bridgehead atoms. The van der Waals surface area contributed by atoms with Crippen LogP contribution >= 0.6 is 22.9 Å². The van der Waals surface area contributed by atoms with E-state index in [2.05, 4.69) is 39.3 Å². The van der Waals surface area contributed by atoms with E-state index < -0.39 is 10.0 Å². The fraction of sp³-hybridized carbons (Fsp3) is 0.529. The van der Waals surface area contributed by atoms with Gasteiger partial charge in [-0.05, 0) is 44.9 Å². The molecule has 156 valence electrons. The first-order chi connectivity index (χ1) is 13.1. The van der Waals surface area contributed by atoms with Gasteiger partial charge in [0.25, 0.3) is 0 Å². The Balaban J connectivity index is 1.81. The summed E-state index contributed by atoms with van der Waals surface area (Å²) in [6.07, 6.45) is 0.817. The molecule has 2 heterocycles. The minimum absolute atomic E-state index is 0.137. The van der Waals surface area contributed by atoms with Gasteiger partial charge in [0.05, 0.1) is 10.0 Å². The Kier molecular flexibility index (Phi) is 7.87. The van der Waals surface area contributed by atoms with Crippen LogP contribution < -0.4 is 15.4 Å². The molecule has 0 spiro atoms. The largest absolute Gasteiger partial charge is 0.355 e. The lowest BCUT2D eigenvalue weighted by Gasteiger charge is -2.18. The van der Waals surface area contributed by atoms with Crippen LogP contribution in [0.15, 0.2) is 21.3 Å². The van der Waals surface area contributed by atoms with Gasteiger partial charge in [0.15, 0.2) is 5.96 Å². The Morgan fingerprint density at radius 2 is 2.07 bits per heavy atom. The van der Waals surface area contributed by atoms with Crippen LogP contribution in [0, 0.1) is 13.8 Å². The number of thiophene rings is 1. The molecule has 0 radical (unpaired) electrons. The average Bonchev–Trinajstić information content (AvgIpc) is 3.17. The number of hydrogen-bond acceptors (Lipinski definition) is 5. The highest BCUT2D eigenvalue weighted by Crippen LogP contribution is 2.25. The van der Waals surface area contributed by atoms with Crippen LogP contribution in [0.2, 0.25) is 4.34 Å². The molecule has 0 aromatic carbocycles. The Bertz CT molecular complexity index is 936. The molecule has 0 aliphatic heterocycles. The molecule has 0 fully saturated rings. The zero-order chi connectivity index (χ0) is 20.9. The highest BCUT2D eigenvalue weighted by Gasteiger charge is 2.16. The van der Waals surface area contributed by atoms with E-state index in [1.54, 1.807) is 13.1 Å². The second kappa shape index (κ2) is 9.73. The number of aromatic nitrogens is 2. The Hall–Kier alpha value is -1.62. The second-order valence-corrected chi connectivity index (χ2v) is 10.2. The molecule has 2 aromatic rings. The van der Waals surface area contributed by atoms with Gasteiger partial charge in [-0.25, -0.2) is 13.1 Å². The summed E-state index contributed by atoms with van der Waals surface area (Å²) in [7, 11) is 0.0805. The SMILES string of the molecule is CN=C(NCCNS(=O)(=O)c1ccc(Cl)s1)NC(C)Cc1c(C)nn(C)c1C. The number of nitrogens with zero attached hydrogens (tertiary/aromatic N) is 3. The summed E-state index contributed by atoms with van der Waals surface area (Å²) in [5, 5.41) is 10.9. The van der Waals surface area contributed by atoms with Gasteiger partial charge in [-0.3, -0.25) is 9.67 Å². The standard InChI is InChI=1S/C17H27ClN6O2S2/c1-11(10-14-12(2)23-24(5)13(14)3)22-17(19-4)20-8-9-21-28(25,26)16-7-6-15(18)27-16/h6-7,11,21H,8-10H2,1-5H3,(H2,19,20,22). The fourth-order valence-electron chi connectivity index (χ4n) is 2.78. The molecule has 1 atom stereocenters. The number of aryl methyl sites for hydroxylation is 2. The van der Waals surface area contributed by atoms with Crippen LogP contribution in [-0.4, -0.2) is 50.3 Å². The van der Waals surface area contributed by atoms with Crippen molar-refractivity contribution in [3.63, 3.8) is 0 Å². The number of guanidine groups is 1. The van der Waals surface area contributed by atoms with E-state index in [4.69, 9.17) is 11.6 Å². The molecule has 28 heavy (non-hydrogen) atoms. The summed E-state index contributed by atoms with van der Waals surface area (Å²) in [4.78, 5) is 4.20. The summed E-state index contributed by atoms with van der Waals surface area (Å²) in [6.45, 7) is 6.77. The lowest BCUT2D eigenvalue weighted by molar-refractivity contribution is 0.581. The van der Waals surface area contributed by atoms with Crippen LogP contribution in [0.3, 0.4) is 0 Å². The molecule has 0 aliphatic carbocycles. The maximum Gasteiger partial charge on any atom is 0.250 e. The van der Waals surface area contributed by atoms with Crippen LogP contribution in [0.25, 0.3) is 0 Å². The summed E-state index contributed by atoms with van der Waals surface area (Å²) in [5.74, 6) is 0.616. The Morgan fingerprint density at radius 1 is 1.36 bits per heavy atom. The first kappa shape index (κ1) is 22.7. The number of aliphatic imine (C=N–C) groups is 1. The molecule has 0 amide bonds. The third kappa shape index (κ3) is 5.94. The van der Waals surface area contributed by atoms with E-state index in [9.17, 15) is 8.42 Å². The van der Waals surface area contributed by atoms with Gasteiger partial charge in [0.2, 0.25) is 10.0 Å². The van der Waals surface area contributed by atoms with Crippen LogP contribution in [0.1, 0.15) is 23.9 Å². The monoisotopic (exact) mass is 446 g/mol. The molecule has 0 aliphatic rings. The molecule has 8 nitrogen and oxygen atoms in total. The lowest BCUT2D eigenvalue weighted by atomic mass is 10.1. The van der Waals surface area contributed by atoms with Gasteiger partial charge < -0.3 is 10.6 Å².